The number of amides is 1. The SMILES string of the molecule is COc1ccc([C@@H](C)N2C[C@H]([C@@H](C)Oc3nc(Br)cc4ncn(C5CC5)c34)CC2=O)cc1. The standard InChI is InChI=1S/C24H27BrN4O3/c1-14(16-4-8-19(31-3)9-5-16)28-12-17(10-22(28)30)15(2)32-24-23-20(11-21(25)27-24)26-13-29(23)18-6-7-18/h4-5,8-9,11,13-15,17-18H,6-7,10,12H2,1-3H3/t14-,15-,17-/m1/s1. The van der Waals surface area contributed by atoms with Crippen molar-refractivity contribution in [3.8, 4) is 11.6 Å². The molecule has 7 nitrogen and oxygen atoms in total. The van der Waals surface area contributed by atoms with Gasteiger partial charge in [0.1, 0.15) is 22.0 Å². The van der Waals surface area contributed by atoms with E-state index in [2.05, 4.69) is 37.4 Å². The van der Waals surface area contributed by atoms with E-state index < -0.39 is 0 Å². The number of hydrogen-bond acceptors (Lipinski definition) is 5. The van der Waals surface area contributed by atoms with Crippen molar-refractivity contribution in [2.45, 2.75) is 51.3 Å². The molecular formula is C24H27BrN4O3. The van der Waals surface area contributed by atoms with Gasteiger partial charge in [0.2, 0.25) is 11.8 Å². The lowest BCUT2D eigenvalue weighted by Gasteiger charge is -2.26. The molecule has 0 unspecified atom stereocenters. The van der Waals surface area contributed by atoms with Crippen LogP contribution >= 0.6 is 15.9 Å². The molecule has 32 heavy (non-hydrogen) atoms. The quantitative estimate of drug-likeness (QED) is 0.432. The Morgan fingerprint density at radius 1 is 1.19 bits per heavy atom. The van der Waals surface area contributed by atoms with Gasteiger partial charge in [-0.25, -0.2) is 9.97 Å². The van der Waals surface area contributed by atoms with Crippen molar-refractivity contribution in [2.75, 3.05) is 13.7 Å². The molecule has 3 atom stereocenters. The number of ether oxygens (including phenoxy) is 2. The Balaban J connectivity index is 1.33. The highest BCUT2D eigenvalue weighted by atomic mass is 79.9. The molecular weight excluding hydrogens is 472 g/mol. The zero-order valence-corrected chi connectivity index (χ0v) is 20.1. The third kappa shape index (κ3) is 3.96. The van der Waals surface area contributed by atoms with Crippen LogP contribution in [0.2, 0.25) is 0 Å². The first kappa shape index (κ1) is 21.2. The molecule has 3 heterocycles. The first-order chi connectivity index (χ1) is 15.4. The second-order valence-corrected chi connectivity index (χ2v) is 9.60. The van der Waals surface area contributed by atoms with Crippen molar-refractivity contribution in [3.05, 3.63) is 46.8 Å². The summed E-state index contributed by atoms with van der Waals surface area (Å²) < 4.78 is 14.5. The maximum absolute atomic E-state index is 12.9. The molecule has 1 saturated heterocycles. The van der Waals surface area contributed by atoms with Crippen LogP contribution in [0.15, 0.2) is 41.3 Å². The van der Waals surface area contributed by atoms with Crippen LogP contribution in [0.3, 0.4) is 0 Å². The molecule has 5 rings (SSSR count). The zero-order chi connectivity index (χ0) is 22.4. The van der Waals surface area contributed by atoms with Gasteiger partial charge in [-0.2, -0.15) is 0 Å². The third-order valence-electron chi connectivity index (χ3n) is 6.64. The fourth-order valence-electron chi connectivity index (χ4n) is 4.49. The fraction of sp³-hybridized carbons (Fsp3) is 0.458. The Bertz CT molecular complexity index is 1140. The number of imidazole rings is 1. The molecule has 1 saturated carbocycles. The summed E-state index contributed by atoms with van der Waals surface area (Å²) in [4.78, 5) is 24.0. The van der Waals surface area contributed by atoms with Crippen LogP contribution in [0, 0.1) is 5.92 Å². The van der Waals surface area contributed by atoms with Gasteiger partial charge in [-0.05, 0) is 66.4 Å². The zero-order valence-electron chi connectivity index (χ0n) is 18.5. The van der Waals surface area contributed by atoms with Crippen LogP contribution in [0.25, 0.3) is 11.0 Å². The number of aromatic nitrogens is 3. The van der Waals surface area contributed by atoms with E-state index in [1.165, 1.54) is 0 Å². The first-order valence-corrected chi connectivity index (χ1v) is 11.9. The molecule has 1 amide bonds. The van der Waals surface area contributed by atoms with E-state index in [4.69, 9.17) is 9.47 Å². The maximum Gasteiger partial charge on any atom is 0.241 e. The van der Waals surface area contributed by atoms with Gasteiger partial charge in [0.25, 0.3) is 0 Å². The first-order valence-electron chi connectivity index (χ1n) is 11.1. The monoisotopic (exact) mass is 498 g/mol. The van der Waals surface area contributed by atoms with Gasteiger partial charge in [-0.3, -0.25) is 4.79 Å². The molecule has 0 radical (unpaired) electrons. The molecule has 2 fully saturated rings. The summed E-state index contributed by atoms with van der Waals surface area (Å²) in [6, 6.07) is 10.3. The number of carbonyl (C=O) groups excluding carboxylic acids is 1. The lowest BCUT2D eigenvalue weighted by Crippen LogP contribution is -2.31. The molecule has 8 heteroatoms. The molecule has 168 valence electrons. The number of pyridine rings is 1. The van der Waals surface area contributed by atoms with Crippen LogP contribution in [-0.4, -0.2) is 45.1 Å². The van der Waals surface area contributed by atoms with Crippen molar-refractivity contribution in [1.82, 2.24) is 19.4 Å². The lowest BCUT2D eigenvalue weighted by molar-refractivity contribution is -0.129. The minimum Gasteiger partial charge on any atom is -0.497 e. The molecule has 1 aromatic carbocycles. The molecule has 0 bridgehead atoms. The average Bonchev–Trinajstić information content (AvgIpc) is 3.42. The number of halogens is 1. The van der Waals surface area contributed by atoms with Gasteiger partial charge in [-0.1, -0.05) is 12.1 Å². The number of nitrogens with zero attached hydrogens (tertiary/aromatic N) is 4. The summed E-state index contributed by atoms with van der Waals surface area (Å²) in [5.74, 6) is 1.65. The van der Waals surface area contributed by atoms with E-state index in [1.807, 2.05) is 48.5 Å². The van der Waals surface area contributed by atoms with E-state index in [1.54, 1.807) is 7.11 Å². The smallest absolute Gasteiger partial charge is 0.241 e. The largest absolute Gasteiger partial charge is 0.497 e. The topological polar surface area (TPSA) is 69.5 Å². The Hall–Kier alpha value is -2.61. The minimum absolute atomic E-state index is 0.00222. The van der Waals surface area contributed by atoms with Crippen molar-refractivity contribution in [3.63, 3.8) is 0 Å². The molecule has 1 aliphatic heterocycles. The Morgan fingerprint density at radius 2 is 1.94 bits per heavy atom. The van der Waals surface area contributed by atoms with E-state index >= 15 is 0 Å². The Morgan fingerprint density at radius 3 is 2.62 bits per heavy atom. The van der Waals surface area contributed by atoms with Gasteiger partial charge in [0.15, 0.2) is 0 Å². The second-order valence-electron chi connectivity index (χ2n) is 8.78. The fourth-order valence-corrected chi connectivity index (χ4v) is 4.87. The van der Waals surface area contributed by atoms with E-state index in [0.29, 0.717) is 29.5 Å². The highest BCUT2D eigenvalue weighted by Crippen LogP contribution is 2.40. The Kier molecular flexibility index (Phi) is 5.57. The van der Waals surface area contributed by atoms with Gasteiger partial charge in [0, 0.05) is 24.9 Å². The molecule has 2 aromatic heterocycles. The Labute approximate surface area is 195 Å². The number of likely N-dealkylation sites (tertiary alicyclic amines) is 1. The van der Waals surface area contributed by atoms with Gasteiger partial charge < -0.3 is 18.9 Å². The summed E-state index contributed by atoms with van der Waals surface area (Å²) in [6.45, 7) is 4.76. The molecule has 1 aliphatic carbocycles. The van der Waals surface area contributed by atoms with E-state index in [9.17, 15) is 4.79 Å². The van der Waals surface area contributed by atoms with Crippen LogP contribution in [0.1, 0.15) is 50.8 Å². The van der Waals surface area contributed by atoms with Crippen molar-refractivity contribution < 1.29 is 14.3 Å². The number of carbonyl (C=O) groups is 1. The number of fused-ring (bicyclic) bond motifs is 1. The van der Waals surface area contributed by atoms with Crippen LogP contribution in [-0.2, 0) is 4.79 Å². The molecule has 3 aromatic rings. The predicted molar refractivity (Wildman–Crippen MR) is 125 cm³/mol. The van der Waals surface area contributed by atoms with Crippen molar-refractivity contribution in [2.24, 2.45) is 5.92 Å². The van der Waals surface area contributed by atoms with Crippen molar-refractivity contribution >= 4 is 32.9 Å². The summed E-state index contributed by atoms with van der Waals surface area (Å²) in [5, 5.41) is 0. The molecule has 0 spiro atoms. The lowest BCUT2D eigenvalue weighted by atomic mass is 10.0. The number of rotatable bonds is 7. The van der Waals surface area contributed by atoms with Crippen LogP contribution in [0.5, 0.6) is 11.6 Å². The number of benzene rings is 1. The number of hydrogen-bond donors (Lipinski definition) is 0. The van der Waals surface area contributed by atoms with Crippen LogP contribution in [0.4, 0.5) is 0 Å². The summed E-state index contributed by atoms with van der Waals surface area (Å²) in [6.07, 6.45) is 4.52. The van der Waals surface area contributed by atoms with Crippen molar-refractivity contribution in [1.29, 1.82) is 0 Å². The second kappa shape index (κ2) is 8.39. The highest BCUT2D eigenvalue weighted by molar-refractivity contribution is 9.10. The summed E-state index contributed by atoms with van der Waals surface area (Å²) >= 11 is 3.48. The van der Waals surface area contributed by atoms with E-state index in [0.717, 1.165) is 35.2 Å². The minimum atomic E-state index is -0.153. The number of methoxy groups -OCH3 is 1. The molecule has 2 aliphatic rings. The third-order valence-corrected chi connectivity index (χ3v) is 7.05. The van der Waals surface area contributed by atoms with Gasteiger partial charge in [0.05, 0.1) is 25.0 Å². The average molecular weight is 499 g/mol. The normalized spacial score (nSPS) is 20.6. The maximum atomic E-state index is 12.9. The van der Waals surface area contributed by atoms with E-state index in [-0.39, 0.29) is 24.0 Å². The van der Waals surface area contributed by atoms with Crippen LogP contribution < -0.4 is 9.47 Å². The molecule has 0 N–H and O–H groups in total. The highest BCUT2D eigenvalue weighted by Gasteiger charge is 2.37. The van der Waals surface area contributed by atoms with Gasteiger partial charge >= 0.3 is 0 Å². The van der Waals surface area contributed by atoms with Gasteiger partial charge in [-0.15, -0.1) is 0 Å². The predicted octanol–water partition coefficient (Wildman–Crippen LogP) is 4.91. The summed E-state index contributed by atoms with van der Waals surface area (Å²) in [7, 11) is 1.65. The summed E-state index contributed by atoms with van der Waals surface area (Å²) in [5.41, 5.74) is 2.91.